The molecule has 2 N–H and O–H groups in total. The zero-order valence-corrected chi connectivity index (χ0v) is 13.8. The summed E-state index contributed by atoms with van der Waals surface area (Å²) in [6.07, 6.45) is 0.981. The van der Waals surface area contributed by atoms with Crippen LogP contribution in [0.2, 0.25) is 0 Å². The minimum Gasteiger partial charge on any atom is -0.348 e. The molecular weight excluding hydrogens is 284 g/mol. The summed E-state index contributed by atoms with van der Waals surface area (Å²) in [5.74, 6) is 0.460. The standard InChI is InChI=1S/C20H24N2O/c1-14-8-15(2)10-17(9-14)18-11-19(13-21-12-18)22-20(23)16-6-4-3-5-7-16/h3-10,18-19,21H,11-13H2,1-2H3,(H,22,23). The zero-order chi connectivity index (χ0) is 16.2. The molecule has 0 radical (unpaired) electrons. The van der Waals surface area contributed by atoms with Crippen LogP contribution in [-0.2, 0) is 0 Å². The Labute approximate surface area is 138 Å². The van der Waals surface area contributed by atoms with Gasteiger partial charge < -0.3 is 10.6 Å². The summed E-state index contributed by atoms with van der Waals surface area (Å²) in [6.45, 7) is 6.09. The largest absolute Gasteiger partial charge is 0.348 e. The van der Waals surface area contributed by atoms with Gasteiger partial charge in [-0.3, -0.25) is 4.79 Å². The monoisotopic (exact) mass is 308 g/mol. The van der Waals surface area contributed by atoms with Crippen LogP contribution in [0.25, 0.3) is 0 Å². The van der Waals surface area contributed by atoms with Gasteiger partial charge >= 0.3 is 0 Å². The average Bonchev–Trinajstić information content (AvgIpc) is 2.55. The summed E-state index contributed by atoms with van der Waals surface area (Å²) >= 11 is 0. The van der Waals surface area contributed by atoms with Crippen LogP contribution >= 0.6 is 0 Å². The lowest BCUT2D eigenvalue weighted by Gasteiger charge is -2.31. The molecule has 3 rings (SSSR count). The average molecular weight is 308 g/mol. The van der Waals surface area contributed by atoms with Crippen LogP contribution in [0, 0.1) is 13.8 Å². The second-order valence-electron chi connectivity index (χ2n) is 6.55. The fourth-order valence-corrected chi connectivity index (χ4v) is 3.41. The summed E-state index contributed by atoms with van der Waals surface area (Å²) in [5.41, 5.74) is 4.69. The van der Waals surface area contributed by atoms with E-state index in [-0.39, 0.29) is 11.9 Å². The van der Waals surface area contributed by atoms with Gasteiger partial charge in [-0.15, -0.1) is 0 Å². The number of hydrogen-bond donors (Lipinski definition) is 2. The van der Waals surface area contributed by atoms with Crippen LogP contribution in [0.3, 0.4) is 0 Å². The van der Waals surface area contributed by atoms with Gasteiger partial charge in [0.05, 0.1) is 0 Å². The summed E-state index contributed by atoms with van der Waals surface area (Å²) in [5, 5.41) is 6.63. The first-order chi connectivity index (χ1) is 11.1. The number of benzene rings is 2. The van der Waals surface area contributed by atoms with E-state index in [1.165, 1.54) is 16.7 Å². The van der Waals surface area contributed by atoms with Gasteiger partial charge in [0.2, 0.25) is 0 Å². The molecule has 1 saturated heterocycles. The molecule has 0 bridgehead atoms. The van der Waals surface area contributed by atoms with Gasteiger partial charge in [0.25, 0.3) is 5.91 Å². The number of hydrogen-bond acceptors (Lipinski definition) is 2. The fourth-order valence-electron chi connectivity index (χ4n) is 3.41. The second-order valence-corrected chi connectivity index (χ2v) is 6.55. The van der Waals surface area contributed by atoms with Crippen LogP contribution in [0.5, 0.6) is 0 Å². The molecule has 2 aromatic rings. The van der Waals surface area contributed by atoms with Gasteiger partial charge in [0, 0.05) is 24.7 Å². The highest BCUT2D eigenvalue weighted by Crippen LogP contribution is 2.25. The third-order valence-electron chi connectivity index (χ3n) is 4.44. The van der Waals surface area contributed by atoms with Crippen LogP contribution < -0.4 is 10.6 Å². The predicted molar refractivity (Wildman–Crippen MR) is 93.8 cm³/mol. The normalized spacial score (nSPS) is 21.0. The molecular formula is C20H24N2O. The van der Waals surface area contributed by atoms with Gasteiger partial charge in [-0.1, -0.05) is 47.5 Å². The van der Waals surface area contributed by atoms with E-state index >= 15 is 0 Å². The minimum absolute atomic E-state index is 0.0125. The molecule has 2 unspecified atom stereocenters. The van der Waals surface area contributed by atoms with Crippen molar-refractivity contribution in [2.75, 3.05) is 13.1 Å². The fraction of sp³-hybridized carbons (Fsp3) is 0.350. The number of carbonyl (C=O) groups excluding carboxylic acids is 1. The molecule has 2 aromatic carbocycles. The highest BCUT2D eigenvalue weighted by Gasteiger charge is 2.24. The quantitative estimate of drug-likeness (QED) is 0.914. The van der Waals surface area contributed by atoms with E-state index in [1.54, 1.807) is 0 Å². The molecule has 23 heavy (non-hydrogen) atoms. The Morgan fingerprint density at radius 1 is 1.04 bits per heavy atom. The van der Waals surface area contributed by atoms with E-state index in [0.29, 0.717) is 5.92 Å². The molecule has 1 heterocycles. The Hall–Kier alpha value is -2.13. The molecule has 1 fully saturated rings. The van der Waals surface area contributed by atoms with Crippen molar-refractivity contribution in [3.63, 3.8) is 0 Å². The van der Waals surface area contributed by atoms with Gasteiger partial charge in [-0.25, -0.2) is 0 Å². The number of piperidine rings is 1. The number of carbonyl (C=O) groups is 1. The van der Waals surface area contributed by atoms with Gasteiger partial charge in [-0.05, 0) is 43.9 Å². The van der Waals surface area contributed by atoms with Crippen LogP contribution in [0.15, 0.2) is 48.5 Å². The van der Waals surface area contributed by atoms with Crippen molar-refractivity contribution in [2.24, 2.45) is 0 Å². The summed E-state index contributed by atoms with van der Waals surface area (Å²) in [7, 11) is 0. The Balaban J connectivity index is 1.67. The van der Waals surface area contributed by atoms with Crippen molar-refractivity contribution in [3.05, 3.63) is 70.8 Å². The maximum absolute atomic E-state index is 12.3. The van der Waals surface area contributed by atoms with E-state index in [1.807, 2.05) is 30.3 Å². The molecule has 0 aromatic heterocycles. The van der Waals surface area contributed by atoms with Crippen LogP contribution in [0.4, 0.5) is 0 Å². The SMILES string of the molecule is Cc1cc(C)cc(C2CNCC(NC(=O)c3ccccc3)C2)c1. The van der Waals surface area contributed by atoms with Crippen molar-refractivity contribution >= 4 is 5.91 Å². The number of aryl methyl sites for hydroxylation is 2. The number of nitrogens with one attached hydrogen (secondary N) is 2. The predicted octanol–water partition coefficient (Wildman–Crippen LogP) is 3.18. The first-order valence-corrected chi connectivity index (χ1v) is 8.26. The third kappa shape index (κ3) is 3.99. The highest BCUT2D eigenvalue weighted by atomic mass is 16.1. The maximum Gasteiger partial charge on any atom is 0.251 e. The molecule has 2 atom stereocenters. The van der Waals surface area contributed by atoms with Crippen molar-refractivity contribution in [2.45, 2.75) is 32.2 Å². The summed E-state index contributed by atoms with van der Waals surface area (Å²) in [4.78, 5) is 12.3. The van der Waals surface area contributed by atoms with E-state index in [4.69, 9.17) is 0 Å². The number of rotatable bonds is 3. The van der Waals surface area contributed by atoms with Gasteiger partial charge in [-0.2, -0.15) is 0 Å². The molecule has 0 spiro atoms. The Bertz CT molecular complexity index is 661. The molecule has 1 aliphatic rings. The first kappa shape index (κ1) is 15.8. The molecule has 3 nitrogen and oxygen atoms in total. The minimum atomic E-state index is 0.0125. The zero-order valence-electron chi connectivity index (χ0n) is 13.8. The first-order valence-electron chi connectivity index (χ1n) is 8.26. The maximum atomic E-state index is 12.3. The smallest absolute Gasteiger partial charge is 0.251 e. The van der Waals surface area contributed by atoms with E-state index in [2.05, 4.69) is 42.7 Å². The van der Waals surface area contributed by atoms with Crippen molar-refractivity contribution in [1.29, 1.82) is 0 Å². The summed E-state index contributed by atoms with van der Waals surface area (Å²) < 4.78 is 0. The van der Waals surface area contributed by atoms with Gasteiger partial charge in [0.15, 0.2) is 0 Å². The van der Waals surface area contributed by atoms with Crippen molar-refractivity contribution < 1.29 is 4.79 Å². The highest BCUT2D eigenvalue weighted by molar-refractivity contribution is 5.94. The van der Waals surface area contributed by atoms with Crippen LogP contribution in [-0.4, -0.2) is 25.0 Å². The molecule has 1 aliphatic heterocycles. The molecule has 0 aliphatic carbocycles. The van der Waals surface area contributed by atoms with E-state index < -0.39 is 0 Å². The van der Waals surface area contributed by atoms with Crippen LogP contribution in [0.1, 0.15) is 39.4 Å². The topological polar surface area (TPSA) is 41.1 Å². The molecule has 3 heteroatoms. The molecule has 120 valence electrons. The second kappa shape index (κ2) is 6.97. The third-order valence-corrected chi connectivity index (χ3v) is 4.44. The Morgan fingerprint density at radius 2 is 1.74 bits per heavy atom. The van der Waals surface area contributed by atoms with Gasteiger partial charge in [0.1, 0.15) is 0 Å². The lowest BCUT2D eigenvalue weighted by atomic mass is 9.87. The van der Waals surface area contributed by atoms with E-state index in [0.717, 1.165) is 25.1 Å². The van der Waals surface area contributed by atoms with E-state index in [9.17, 15) is 4.79 Å². The number of amides is 1. The Kier molecular flexibility index (Phi) is 4.77. The summed E-state index contributed by atoms with van der Waals surface area (Å²) in [6, 6.07) is 16.3. The molecule has 0 saturated carbocycles. The Morgan fingerprint density at radius 3 is 2.43 bits per heavy atom. The van der Waals surface area contributed by atoms with Crippen molar-refractivity contribution in [3.8, 4) is 0 Å². The van der Waals surface area contributed by atoms with Crippen molar-refractivity contribution in [1.82, 2.24) is 10.6 Å². The lowest BCUT2D eigenvalue weighted by Crippen LogP contribution is -2.48. The lowest BCUT2D eigenvalue weighted by molar-refractivity contribution is 0.0928. The molecule has 1 amide bonds.